The summed E-state index contributed by atoms with van der Waals surface area (Å²) in [6.45, 7) is 0. The van der Waals surface area contributed by atoms with Gasteiger partial charge in [-0.25, -0.2) is 0 Å². The summed E-state index contributed by atoms with van der Waals surface area (Å²) < 4.78 is 0. The number of benzene rings is 2. The van der Waals surface area contributed by atoms with Crippen molar-refractivity contribution in [2.24, 2.45) is 5.92 Å². The summed E-state index contributed by atoms with van der Waals surface area (Å²) in [6, 6.07) is 16.1. The Kier molecular flexibility index (Phi) is 3.34. The molecule has 24 heavy (non-hydrogen) atoms. The van der Waals surface area contributed by atoms with Gasteiger partial charge in [0, 0.05) is 23.6 Å². The van der Waals surface area contributed by atoms with Crippen LogP contribution in [-0.4, -0.2) is 17.9 Å². The van der Waals surface area contributed by atoms with Crippen molar-refractivity contribution in [3.63, 3.8) is 0 Å². The fourth-order valence-electron chi connectivity index (χ4n) is 5.01. The number of fused-ring (bicyclic) bond motifs is 5. The number of carbonyl (C=O) groups excluding carboxylic acids is 1. The highest BCUT2D eigenvalue weighted by molar-refractivity contribution is 5.99. The fourth-order valence-corrected chi connectivity index (χ4v) is 5.01. The zero-order chi connectivity index (χ0) is 16.1. The van der Waals surface area contributed by atoms with Crippen LogP contribution < -0.4 is 5.32 Å². The van der Waals surface area contributed by atoms with E-state index in [2.05, 4.69) is 47.8 Å². The second-order valence-electron chi connectivity index (χ2n) is 7.73. The maximum Gasteiger partial charge on any atom is 0.166 e. The quantitative estimate of drug-likeness (QED) is 0.712. The Morgan fingerprint density at radius 1 is 0.917 bits per heavy atom. The van der Waals surface area contributed by atoms with Gasteiger partial charge in [0.1, 0.15) is 0 Å². The first-order valence-corrected chi connectivity index (χ1v) is 9.29. The van der Waals surface area contributed by atoms with Crippen LogP contribution in [0.1, 0.15) is 53.6 Å². The van der Waals surface area contributed by atoms with Crippen molar-refractivity contribution in [2.45, 2.75) is 50.6 Å². The molecule has 2 atom stereocenters. The zero-order valence-electron chi connectivity index (χ0n) is 13.9. The molecule has 5 rings (SSSR count). The van der Waals surface area contributed by atoms with E-state index in [1.54, 1.807) is 0 Å². The van der Waals surface area contributed by atoms with Crippen molar-refractivity contribution in [3.05, 3.63) is 59.2 Å². The molecule has 1 N–H and O–H groups in total. The minimum absolute atomic E-state index is 0.211. The van der Waals surface area contributed by atoms with E-state index in [0.29, 0.717) is 17.9 Å². The number of piperidine rings is 2. The summed E-state index contributed by atoms with van der Waals surface area (Å²) in [7, 11) is 0. The summed E-state index contributed by atoms with van der Waals surface area (Å²) in [6.07, 6.45) is 6.79. The summed E-state index contributed by atoms with van der Waals surface area (Å²) in [5.41, 5.74) is 6.27. The Balaban J connectivity index is 1.42. The molecule has 2 bridgehead atoms. The number of hydrogen-bond acceptors (Lipinski definition) is 2. The number of carbonyl (C=O) groups is 1. The van der Waals surface area contributed by atoms with Gasteiger partial charge in [-0.3, -0.25) is 4.79 Å². The summed E-state index contributed by atoms with van der Waals surface area (Å²) in [4.78, 5) is 13.1. The van der Waals surface area contributed by atoms with Crippen LogP contribution in [0.4, 0.5) is 0 Å². The number of Topliss-reactive ketones (excluding diaryl/α,β-unsaturated/α-hetero) is 1. The third-order valence-electron chi connectivity index (χ3n) is 6.16. The maximum atomic E-state index is 13.1. The molecule has 3 aliphatic rings. The molecule has 1 aliphatic carbocycles. The fraction of sp³-hybridized carbons (Fsp3) is 0.409. The van der Waals surface area contributed by atoms with Crippen LogP contribution in [0.25, 0.3) is 11.1 Å². The monoisotopic (exact) mass is 317 g/mol. The lowest BCUT2D eigenvalue weighted by Gasteiger charge is -2.39. The Bertz CT molecular complexity index is 797. The Hall–Kier alpha value is -1.93. The molecule has 2 aromatic rings. The highest BCUT2D eigenvalue weighted by atomic mass is 16.1. The molecule has 2 aliphatic heterocycles. The molecule has 2 fully saturated rings. The lowest BCUT2D eigenvalue weighted by atomic mass is 9.77. The number of ketones is 1. The first kappa shape index (κ1) is 14.4. The SMILES string of the molecule is O=C(c1ccc2c(c1)Cc1ccccc1-2)C1CC2CCCC(C1)N2. The van der Waals surface area contributed by atoms with Gasteiger partial charge in [-0.2, -0.15) is 0 Å². The first-order chi connectivity index (χ1) is 11.8. The average molecular weight is 317 g/mol. The van der Waals surface area contributed by atoms with Gasteiger partial charge in [-0.1, -0.05) is 42.8 Å². The molecule has 2 nitrogen and oxygen atoms in total. The second kappa shape index (κ2) is 5.56. The predicted molar refractivity (Wildman–Crippen MR) is 96.3 cm³/mol. The summed E-state index contributed by atoms with van der Waals surface area (Å²) in [5.74, 6) is 0.579. The van der Waals surface area contributed by atoms with Crippen molar-refractivity contribution in [1.29, 1.82) is 0 Å². The molecule has 0 radical (unpaired) electrons. The van der Waals surface area contributed by atoms with Crippen molar-refractivity contribution >= 4 is 5.78 Å². The van der Waals surface area contributed by atoms with Crippen molar-refractivity contribution in [1.82, 2.24) is 5.32 Å². The largest absolute Gasteiger partial charge is 0.311 e. The highest BCUT2D eigenvalue weighted by Crippen LogP contribution is 2.38. The lowest BCUT2D eigenvalue weighted by Crippen LogP contribution is -2.50. The van der Waals surface area contributed by atoms with Gasteiger partial charge >= 0.3 is 0 Å². The number of rotatable bonds is 2. The Morgan fingerprint density at radius 2 is 1.67 bits per heavy atom. The molecule has 0 amide bonds. The van der Waals surface area contributed by atoms with Gasteiger partial charge in [-0.05, 0) is 60.4 Å². The molecule has 2 aromatic carbocycles. The average Bonchev–Trinajstić information content (AvgIpc) is 2.98. The molecule has 2 heterocycles. The van der Waals surface area contributed by atoms with E-state index in [1.165, 1.54) is 41.5 Å². The van der Waals surface area contributed by atoms with Crippen molar-refractivity contribution < 1.29 is 4.79 Å². The van der Waals surface area contributed by atoms with Gasteiger partial charge in [0.2, 0.25) is 0 Å². The van der Waals surface area contributed by atoms with E-state index in [4.69, 9.17) is 0 Å². The van der Waals surface area contributed by atoms with Crippen LogP contribution in [0, 0.1) is 5.92 Å². The van der Waals surface area contributed by atoms with Crippen LogP contribution in [0.2, 0.25) is 0 Å². The minimum Gasteiger partial charge on any atom is -0.311 e. The van der Waals surface area contributed by atoms with E-state index in [0.717, 1.165) is 24.8 Å². The van der Waals surface area contributed by atoms with E-state index in [9.17, 15) is 4.79 Å². The molecule has 122 valence electrons. The van der Waals surface area contributed by atoms with Crippen LogP contribution in [0.3, 0.4) is 0 Å². The Morgan fingerprint density at radius 3 is 2.50 bits per heavy atom. The molecule has 2 heteroatoms. The number of hydrogen-bond donors (Lipinski definition) is 1. The number of nitrogens with one attached hydrogen (secondary N) is 1. The van der Waals surface area contributed by atoms with Gasteiger partial charge in [-0.15, -0.1) is 0 Å². The Labute approximate surface area is 143 Å². The molecule has 0 spiro atoms. The molecule has 0 aromatic heterocycles. The van der Waals surface area contributed by atoms with Gasteiger partial charge in [0.15, 0.2) is 5.78 Å². The molecule has 2 saturated heterocycles. The van der Waals surface area contributed by atoms with Crippen LogP contribution in [0.15, 0.2) is 42.5 Å². The van der Waals surface area contributed by atoms with Gasteiger partial charge in [0.05, 0.1) is 0 Å². The van der Waals surface area contributed by atoms with Crippen molar-refractivity contribution in [3.8, 4) is 11.1 Å². The van der Waals surface area contributed by atoms with E-state index < -0.39 is 0 Å². The van der Waals surface area contributed by atoms with E-state index in [-0.39, 0.29) is 5.92 Å². The van der Waals surface area contributed by atoms with E-state index >= 15 is 0 Å². The predicted octanol–water partition coefficient (Wildman–Crippen LogP) is 4.36. The third kappa shape index (κ3) is 2.32. The topological polar surface area (TPSA) is 29.1 Å². The second-order valence-corrected chi connectivity index (χ2v) is 7.73. The van der Waals surface area contributed by atoms with Gasteiger partial charge < -0.3 is 5.32 Å². The van der Waals surface area contributed by atoms with Crippen LogP contribution in [0.5, 0.6) is 0 Å². The summed E-state index contributed by atoms with van der Waals surface area (Å²) in [5, 5.41) is 3.69. The minimum atomic E-state index is 0.211. The summed E-state index contributed by atoms with van der Waals surface area (Å²) >= 11 is 0. The molecular formula is C22H23NO. The van der Waals surface area contributed by atoms with Crippen LogP contribution in [-0.2, 0) is 6.42 Å². The zero-order valence-corrected chi connectivity index (χ0v) is 13.9. The van der Waals surface area contributed by atoms with Crippen LogP contribution >= 0.6 is 0 Å². The highest BCUT2D eigenvalue weighted by Gasteiger charge is 2.35. The first-order valence-electron chi connectivity index (χ1n) is 9.29. The lowest BCUT2D eigenvalue weighted by molar-refractivity contribution is 0.0825. The maximum absolute atomic E-state index is 13.1. The molecular weight excluding hydrogens is 294 g/mol. The standard InChI is InChI=1S/C22H23NO/c24-22(17-12-18-5-3-6-19(13-17)23-18)15-8-9-21-16(11-15)10-14-4-1-2-7-20(14)21/h1-2,4,7-9,11,17-19,23H,3,5-6,10,12-13H2. The van der Waals surface area contributed by atoms with E-state index in [1.807, 2.05) is 0 Å². The third-order valence-corrected chi connectivity index (χ3v) is 6.16. The molecule has 0 saturated carbocycles. The van der Waals surface area contributed by atoms with Crippen molar-refractivity contribution in [2.75, 3.05) is 0 Å². The normalized spacial score (nSPS) is 27.4. The van der Waals surface area contributed by atoms with Gasteiger partial charge in [0.25, 0.3) is 0 Å². The smallest absolute Gasteiger partial charge is 0.166 e. The molecule has 2 unspecified atom stereocenters.